The van der Waals surface area contributed by atoms with E-state index in [1.165, 1.54) is 49.7 Å². The normalized spacial score (nSPS) is 24.2. The van der Waals surface area contributed by atoms with Crippen molar-refractivity contribution in [3.8, 4) is 0 Å². The van der Waals surface area contributed by atoms with Crippen molar-refractivity contribution in [1.29, 1.82) is 0 Å². The van der Waals surface area contributed by atoms with Crippen molar-refractivity contribution >= 4 is 5.69 Å². The molecule has 0 heterocycles. The highest BCUT2D eigenvalue weighted by Crippen LogP contribution is 2.62. The van der Waals surface area contributed by atoms with Gasteiger partial charge in [0.1, 0.15) is 0 Å². The molecular formula is C24H39N. The van der Waals surface area contributed by atoms with Crippen molar-refractivity contribution in [2.75, 3.05) is 5.73 Å². The summed E-state index contributed by atoms with van der Waals surface area (Å²) in [6, 6.07) is 2.63. The molecule has 0 saturated carbocycles. The van der Waals surface area contributed by atoms with E-state index in [0.29, 0.717) is 10.8 Å². The van der Waals surface area contributed by atoms with E-state index < -0.39 is 0 Å². The molecule has 2 aliphatic carbocycles. The number of hydrogen-bond acceptors (Lipinski definition) is 1. The third-order valence-electron chi connectivity index (χ3n) is 8.13. The van der Waals surface area contributed by atoms with Crippen LogP contribution in [-0.2, 0) is 21.7 Å². The average molecular weight is 342 g/mol. The molecule has 2 N–H and O–H groups in total. The molecule has 0 aromatic heterocycles. The summed E-state index contributed by atoms with van der Waals surface area (Å²) in [5, 5.41) is 0. The molecule has 0 bridgehead atoms. The summed E-state index contributed by atoms with van der Waals surface area (Å²) in [5.74, 6) is 0. The first kappa shape index (κ1) is 18.8. The Morgan fingerprint density at radius 3 is 1.32 bits per heavy atom. The number of benzene rings is 1. The van der Waals surface area contributed by atoms with Crippen LogP contribution in [-0.4, -0.2) is 0 Å². The van der Waals surface area contributed by atoms with Gasteiger partial charge < -0.3 is 5.73 Å². The summed E-state index contributed by atoms with van der Waals surface area (Å²) in [4.78, 5) is 0. The van der Waals surface area contributed by atoms with Crippen LogP contribution in [0, 0.1) is 0 Å². The second-order valence-corrected chi connectivity index (χ2v) is 10.2. The molecule has 140 valence electrons. The van der Waals surface area contributed by atoms with E-state index in [1.807, 2.05) is 0 Å². The zero-order valence-corrected chi connectivity index (χ0v) is 17.9. The van der Waals surface area contributed by atoms with Crippen LogP contribution < -0.4 is 5.73 Å². The Balaban J connectivity index is 2.41. The number of hydrogen-bond donors (Lipinski definition) is 1. The van der Waals surface area contributed by atoms with Gasteiger partial charge >= 0.3 is 0 Å². The highest BCUT2D eigenvalue weighted by atomic mass is 14.7. The molecule has 0 amide bonds. The minimum atomic E-state index is 0.181. The Hall–Kier alpha value is -0.980. The van der Waals surface area contributed by atoms with E-state index in [0.717, 1.165) is 5.69 Å². The van der Waals surface area contributed by atoms with E-state index in [2.05, 4.69) is 61.5 Å². The summed E-state index contributed by atoms with van der Waals surface area (Å²) in [6.07, 6.45) is 7.33. The van der Waals surface area contributed by atoms with Crippen LogP contribution in [0.15, 0.2) is 6.07 Å². The third kappa shape index (κ3) is 2.26. The van der Waals surface area contributed by atoms with Crippen LogP contribution in [0.5, 0.6) is 0 Å². The van der Waals surface area contributed by atoms with Gasteiger partial charge in [-0.25, -0.2) is 0 Å². The maximum absolute atomic E-state index is 7.00. The van der Waals surface area contributed by atoms with Gasteiger partial charge in [-0.3, -0.25) is 0 Å². The zero-order valence-electron chi connectivity index (χ0n) is 17.9. The SMILES string of the molecule is CCC1(CC)CC(C)(C)c2c1cc1c(c2N)C(C)(C)CC1(CC)CC. The lowest BCUT2D eigenvalue weighted by Gasteiger charge is -2.32. The van der Waals surface area contributed by atoms with Crippen molar-refractivity contribution in [1.82, 2.24) is 0 Å². The van der Waals surface area contributed by atoms with Crippen LogP contribution in [0.4, 0.5) is 5.69 Å². The topological polar surface area (TPSA) is 26.0 Å². The van der Waals surface area contributed by atoms with Gasteiger partial charge in [-0.15, -0.1) is 0 Å². The van der Waals surface area contributed by atoms with E-state index in [4.69, 9.17) is 5.73 Å². The Morgan fingerprint density at radius 2 is 1.04 bits per heavy atom. The summed E-state index contributed by atoms with van der Waals surface area (Å²) < 4.78 is 0. The number of nitrogens with two attached hydrogens (primary N) is 1. The quantitative estimate of drug-likeness (QED) is 0.602. The highest BCUT2D eigenvalue weighted by molar-refractivity contribution is 5.71. The maximum Gasteiger partial charge on any atom is 0.0396 e. The van der Waals surface area contributed by atoms with E-state index in [9.17, 15) is 0 Å². The molecule has 1 nitrogen and oxygen atoms in total. The molecule has 0 atom stereocenters. The van der Waals surface area contributed by atoms with Crippen LogP contribution in [0.2, 0.25) is 0 Å². The first-order chi connectivity index (χ1) is 11.5. The molecule has 0 unspecified atom stereocenters. The molecule has 0 fully saturated rings. The summed E-state index contributed by atoms with van der Waals surface area (Å²) in [5.41, 5.74) is 15.2. The Morgan fingerprint density at radius 1 is 0.720 bits per heavy atom. The average Bonchev–Trinajstić information content (AvgIpc) is 2.94. The smallest absolute Gasteiger partial charge is 0.0396 e. The monoisotopic (exact) mass is 341 g/mol. The Bertz CT molecular complexity index is 628. The Kier molecular flexibility index (Phi) is 4.14. The van der Waals surface area contributed by atoms with Crippen molar-refractivity contribution in [2.24, 2.45) is 0 Å². The Labute approximate surface area is 155 Å². The number of anilines is 1. The molecule has 1 aromatic rings. The molecule has 3 rings (SSSR count). The standard InChI is InChI=1S/C24H39N/c1-9-23(10-2)14-21(5,6)18-16(23)13-17-19(20(18)25)22(7,8)15-24(17,11-3)12-4/h13H,9-12,14-15,25H2,1-8H3. The summed E-state index contributed by atoms with van der Waals surface area (Å²) in [7, 11) is 0. The van der Waals surface area contributed by atoms with Gasteiger partial charge in [0.05, 0.1) is 0 Å². The van der Waals surface area contributed by atoms with Gasteiger partial charge in [-0.05, 0) is 82.4 Å². The first-order valence-electron chi connectivity index (χ1n) is 10.5. The second kappa shape index (κ2) is 5.51. The minimum Gasteiger partial charge on any atom is -0.398 e. The molecule has 1 aromatic carbocycles. The van der Waals surface area contributed by atoms with Gasteiger partial charge in [0, 0.05) is 5.69 Å². The lowest BCUT2D eigenvalue weighted by Crippen LogP contribution is -2.25. The number of rotatable bonds is 4. The second-order valence-electron chi connectivity index (χ2n) is 10.2. The van der Waals surface area contributed by atoms with E-state index in [-0.39, 0.29) is 10.8 Å². The van der Waals surface area contributed by atoms with Crippen LogP contribution in [0.25, 0.3) is 0 Å². The van der Waals surface area contributed by atoms with Crippen LogP contribution >= 0.6 is 0 Å². The molecule has 0 radical (unpaired) electrons. The number of nitrogen functional groups attached to an aromatic ring is 1. The molecule has 25 heavy (non-hydrogen) atoms. The largest absolute Gasteiger partial charge is 0.398 e. The van der Waals surface area contributed by atoms with Gasteiger partial charge in [0.2, 0.25) is 0 Å². The summed E-state index contributed by atoms with van der Waals surface area (Å²) in [6.45, 7) is 19.1. The van der Waals surface area contributed by atoms with Crippen molar-refractivity contribution in [3.63, 3.8) is 0 Å². The van der Waals surface area contributed by atoms with Gasteiger partial charge in [0.25, 0.3) is 0 Å². The zero-order chi connectivity index (χ0) is 18.8. The summed E-state index contributed by atoms with van der Waals surface area (Å²) >= 11 is 0. The fraction of sp³-hybridized carbons (Fsp3) is 0.750. The van der Waals surface area contributed by atoms with Gasteiger partial charge in [-0.1, -0.05) is 61.5 Å². The molecular weight excluding hydrogens is 302 g/mol. The molecule has 0 aliphatic heterocycles. The minimum absolute atomic E-state index is 0.181. The molecule has 0 saturated heterocycles. The predicted octanol–water partition coefficient (Wildman–Crippen LogP) is 6.75. The maximum atomic E-state index is 7.00. The predicted molar refractivity (Wildman–Crippen MR) is 111 cm³/mol. The molecule has 1 heteroatoms. The van der Waals surface area contributed by atoms with Crippen molar-refractivity contribution in [2.45, 2.75) is 116 Å². The number of fused-ring (bicyclic) bond motifs is 2. The molecule has 2 aliphatic rings. The van der Waals surface area contributed by atoms with Crippen LogP contribution in [0.3, 0.4) is 0 Å². The molecule has 0 spiro atoms. The van der Waals surface area contributed by atoms with Crippen molar-refractivity contribution in [3.05, 3.63) is 28.3 Å². The van der Waals surface area contributed by atoms with E-state index in [1.54, 1.807) is 11.1 Å². The van der Waals surface area contributed by atoms with Crippen molar-refractivity contribution < 1.29 is 0 Å². The lowest BCUT2D eigenvalue weighted by molar-refractivity contribution is 0.322. The fourth-order valence-corrected chi connectivity index (χ4v) is 6.82. The van der Waals surface area contributed by atoms with Gasteiger partial charge in [-0.2, -0.15) is 0 Å². The lowest BCUT2D eigenvalue weighted by atomic mass is 9.72. The van der Waals surface area contributed by atoms with Crippen LogP contribution in [0.1, 0.15) is 116 Å². The fourth-order valence-electron chi connectivity index (χ4n) is 6.82. The van der Waals surface area contributed by atoms with Gasteiger partial charge in [0.15, 0.2) is 0 Å². The third-order valence-corrected chi connectivity index (χ3v) is 8.13. The highest BCUT2D eigenvalue weighted by Gasteiger charge is 2.53. The first-order valence-corrected chi connectivity index (χ1v) is 10.5. The van der Waals surface area contributed by atoms with E-state index >= 15 is 0 Å².